The molecule has 0 spiro atoms. The lowest BCUT2D eigenvalue weighted by molar-refractivity contribution is -0.0115. The number of alkyl carbamates (subject to hydrolysis) is 1. The van der Waals surface area contributed by atoms with Gasteiger partial charge in [0.15, 0.2) is 0 Å². The Morgan fingerprint density at radius 2 is 2.00 bits per heavy atom. The molecule has 0 aromatic heterocycles. The minimum Gasteiger partial charge on any atom is -0.444 e. The second-order valence-electron chi connectivity index (χ2n) is 6.72. The molecule has 1 amide bonds. The predicted molar refractivity (Wildman–Crippen MR) is 68.7 cm³/mol. The molecule has 1 saturated carbocycles. The highest BCUT2D eigenvalue weighted by atomic mass is 16.6. The van der Waals surface area contributed by atoms with E-state index in [9.17, 15) is 4.79 Å². The van der Waals surface area contributed by atoms with Gasteiger partial charge in [-0.3, -0.25) is 0 Å². The largest absolute Gasteiger partial charge is 0.444 e. The van der Waals surface area contributed by atoms with Crippen molar-refractivity contribution in [1.82, 2.24) is 5.32 Å². The van der Waals surface area contributed by atoms with Crippen molar-refractivity contribution in [2.45, 2.75) is 65.6 Å². The highest BCUT2D eigenvalue weighted by Gasteiger charge is 2.50. The van der Waals surface area contributed by atoms with Gasteiger partial charge in [0.05, 0.1) is 0 Å². The zero-order valence-corrected chi connectivity index (χ0v) is 11.8. The normalized spacial score (nSPS) is 29.1. The first-order valence-electron chi connectivity index (χ1n) is 6.29. The third kappa shape index (κ3) is 3.35. The third-order valence-electron chi connectivity index (χ3n) is 3.67. The number of nitrogens with two attached hydrogens (primary N) is 1. The lowest BCUT2D eigenvalue weighted by atomic mass is 9.56. The first kappa shape index (κ1) is 14.3. The number of ether oxygens (including phenoxy) is 1. The number of hydrogen-bond acceptors (Lipinski definition) is 3. The number of rotatable bonds is 2. The van der Waals surface area contributed by atoms with Crippen LogP contribution in [0.3, 0.4) is 0 Å². The fourth-order valence-corrected chi connectivity index (χ4v) is 2.55. The first-order chi connectivity index (χ1) is 7.54. The van der Waals surface area contributed by atoms with E-state index in [1.807, 2.05) is 27.7 Å². The van der Waals surface area contributed by atoms with E-state index in [1.54, 1.807) is 0 Å². The van der Waals surface area contributed by atoms with Crippen LogP contribution in [-0.4, -0.2) is 23.8 Å². The van der Waals surface area contributed by atoms with Gasteiger partial charge < -0.3 is 15.8 Å². The Kier molecular flexibility index (Phi) is 3.77. The average Bonchev–Trinajstić information content (AvgIpc) is 2.07. The quantitative estimate of drug-likeness (QED) is 0.780. The third-order valence-corrected chi connectivity index (χ3v) is 3.67. The molecule has 3 atom stereocenters. The number of hydrogen-bond donors (Lipinski definition) is 2. The topological polar surface area (TPSA) is 64.3 Å². The lowest BCUT2D eigenvalue weighted by Crippen LogP contribution is -2.62. The van der Waals surface area contributed by atoms with E-state index in [1.165, 1.54) is 0 Å². The van der Waals surface area contributed by atoms with Crippen LogP contribution >= 0.6 is 0 Å². The molecule has 1 rings (SSSR count). The summed E-state index contributed by atoms with van der Waals surface area (Å²) in [5, 5.41) is 2.93. The Morgan fingerprint density at radius 3 is 2.35 bits per heavy atom. The monoisotopic (exact) mass is 242 g/mol. The molecule has 1 fully saturated rings. The summed E-state index contributed by atoms with van der Waals surface area (Å²) in [6.45, 7) is 11.9. The molecule has 0 heterocycles. The van der Waals surface area contributed by atoms with E-state index in [0.717, 1.165) is 6.42 Å². The molecule has 0 aliphatic heterocycles. The molecule has 100 valence electrons. The molecule has 4 heteroatoms. The summed E-state index contributed by atoms with van der Waals surface area (Å²) < 4.78 is 5.25. The van der Waals surface area contributed by atoms with Gasteiger partial charge in [-0.15, -0.1) is 0 Å². The first-order valence-corrected chi connectivity index (χ1v) is 6.29. The Morgan fingerprint density at radius 1 is 1.47 bits per heavy atom. The van der Waals surface area contributed by atoms with Crippen molar-refractivity contribution in [3.63, 3.8) is 0 Å². The number of carbonyl (C=O) groups excluding carboxylic acids is 1. The van der Waals surface area contributed by atoms with E-state index >= 15 is 0 Å². The molecule has 4 nitrogen and oxygen atoms in total. The molecule has 1 aliphatic rings. The van der Waals surface area contributed by atoms with Gasteiger partial charge in [0.1, 0.15) is 5.60 Å². The fraction of sp³-hybridized carbons (Fsp3) is 0.923. The van der Waals surface area contributed by atoms with Crippen LogP contribution in [-0.2, 0) is 4.74 Å². The maximum Gasteiger partial charge on any atom is 0.407 e. The smallest absolute Gasteiger partial charge is 0.407 e. The van der Waals surface area contributed by atoms with Gasteiger partial charge in [-0.05, 0) is 45.4 Å². The summed E-state index contributed by atoms with van der Waals surface area (Å²) in [6.07, 6.45) is 0.600. The van der Waals surface area contributed by atoms with Gasteiger partial charge in [-0.25, -0.2) is 4.79 Å². The summed E-state index contributed by atoms with van der Waals surface area (Å²) >= 11 is 0. The fourth-order valence-electron chi connectivity index (χ4n) is 2.55. The van der Waals surface area contributed by atoms with Crippen LogP contribution in [0.25, 0.3) is 0 Å². The Labute approximate surface area is 104 Å². The average molecular weight is 242 g/mol. The Hall–Kier alpha value is -0.770. The van der Waals surface area contributed by atoms with Crippen molar-refractivity contribution in [3.05, 3.63) is 0 Å². The van der Waals surface area contributed by atoms with Crippen LogP contribution < -0.4 is 11.1 Å². The second-order valence-corrected chi connectivity index (χ2v) is 6.72. The highest BCUT2D eigenvalue weighted by molar-refractivity contribution is 5.68. The van der Waals surface area contributed by atoms with Gasteiger partial charge in [0.2, 0.25) is 0 Å². The minimum atomic E-state index is -0.446. The van der Waals surface area contributed by atoms with Crippen molar-refractivity contribution < 1.29 is 9.53 Å². The van der Waals surface area contributed by atoms with Crippen molar-refractivity contribution in [2.75, 3.05) is 0 Å². The summed E-state index contributed by atoms with van der Waals surface area (Å²) in [7, 11) is 0. The second kappa shape index (κ2) is 4.48. The maximum absolute atomic E-state index is 11.7. The van der Waals surface area contributed by atoms with Crippen LogP contribution in [0.1, 0.15) is 48.0 Å². The van der Waals surface area contributed by atoms with Crippen molar-refractivity contribution >= 4 is 6.09 Å². The molecular formula is C13H26N2O2. The standard InChI is InChI=1S/C13H26N2O2/c1-8(14)9-7-10(13(9,5)6)15-11(16)17-12(2,3)4/h8-10H,7,14H2,1-6H3,(H,15,16)/t8-,9+,10+/m0/s1. The minimum absolute atomic E-state index is 0.0467. The van der Waals surface area contributed by atoms with Crippen LogP contribution in [0.15, 0.2) is 0 Å². The summed E-state index contributed by atoms with van der Waals surface area (Å²) in [6, 6.07) is 0.329. The molecule has 0 saturated heterocycles. The van der Waals surface area contributed by atoms with Crippen molar-refractivity contribution in [3.8, 4) is 0 Å². The highest BCUT2D eigenvalue weighted by Crippen LogP contribution is 2.47. The van der Waals surface area contributed by atoms with Gasteiger partial charge in [-0.1, -0.05) is 13.8 Å². The summed E-state index contributed by atoms with van der Waals surface area (Å²) in [5.74, 6) is 0.461. The lowest BCUT2D eigenvalue weighted by Gasteiger charge is -2.54. The van der Waals surface area contributed by atoms with Crippen molar-refractivity contribution in [1.29, 1.82) is 0 Å². The van der Waals surface area contributed by atoms with Gasteiger partial charge in [0.25, 0.3) is 0 Å². The number of nitrogens with one attached hydrogen (secondary N) is 1. The summed E-state index contributed by atoms with van der Waals surface area (Å²) in [5.41, 5.74) is 5.52. The van der Waals surface area contributed by atoms with Gasteiger partial charge >= 0.3 is 6.09 Å². The molecule has 17 heavy (non-hydrogen) atoms. The van der Waals surface area contributed by atoms with Crippen LogP contribution in [0.4, 0.5) is 4.79 Å². The molecule has 0 aromatic rings. The van der Waals surface area contributed by atoms with E-state index in [-0.39, 0.29) is 23.6 Å². The van der Waals surface area contributed by atoms with Crippen LogP contribution in [0.2, 0.25) is 0 Å². The summed E-state index contributed by atoms with van der Waals surface area (Å²) in [4.78, 5) is 11.7. The van der Waals surface area contributed by atoms with E-state index in [0.29, 0.717) is 5.92 Å². The molecule has 0 aromatic carbocycles. The number of amides is 1. The van der Waals surface area contributed by atoms with Crippen LogP contribution in [0.5, 0.6) is 0 Å². The SMILES string of the molecule is C[C@H](N)[C@H]1C[C@@H](NC(=O)OC(C)(C)C)C1(C)C. The maximum atomic E-state index is 11.7. The Bertz CT molecular complexity index is 292. The molecule has 3 N–H and O–H groups in total. The zero-order valence-electron chi connectivity index (χ0n) is 11.8. The van der Waals surface area contributed by atoms with E-state index in [2.05, 4.69) is 19.2 Å². The predicted octanol–water partition coefficient (Wildman–Crippen LogP) is 2.27. The molecule has 0 radical (unpaired) electrons. The van der Waals surface area contributed by atoms with Gasteiger partial charge in [-0.2, -0.15) is 0 Å². The molecule has 0 bridgehead atoms. The molecule has 0 unspecified atom stereocenters. The van der Waals surface area contributed by atoms with E-state index in [4.69, 9.17) is 10.5 Å². The molecule has 1 aliphatic carbocycles. The zero-order chi connectivity index (χ0) is 13.4. The number of carbonyl (C=O) groups is 1. The van der Waals surface area contributed by atoms with Crippen molar-refractivity contribution in [2.24, 2.45) is 17.1 Å². The van der Waals surface area contributed by atoms with E-state index < -0.39 is 5.60 Å². The molecular weight excluding hydrogens is 216 g/mol. The van der Waals surface area contributed by atoms with Crippen LogP contribution in [0, 0.1) is 11.3 Å². The van der Waals surface area contributed by atoms with Gasteiger partial charge in [0, 0.05) is 12.1 Å². The Balaban J connectivity index is 2.48.